The molecule has 2 saturated heterocycles. The van der Waals surface area contributed by atoms with Gasteiger partial charge >= 0.3 is 0 Å². The molecule has 2 aliphatic heterocycles. The smallest absolute Gasteiger partial charge is 0.0366 e. The Morgan fingerprint density at radius 2 is 1.82 bits per heavy atom. The summed E-state index contributed by atoms with van der Waals surface area (Å²) in [4.78, 5) is 2.48. The Bertz CT molecular complexity index is 364. The molecule has 3 nitrogen and oxygen atoms in total. The van der Waals surface area contributed by atoms with E-state index in [0.29, 0.717) is 12.1 Å². The van der Waals surface area contributed by atoms with E-state index in [1.165, 1.54) is 31.7 Å². The molecule has 3 rings (SSSR count). The average Bonchev–Trinajstić information content (AvgIpc) is 2.77. The van der Waals surface area contributed by atoms with E-state index in [9.17, 15) is 0 Å². The molecule has 1 N–H and O–H groups in total. The van der Waals surface area contributed by atoms with E-state index >= 15 is 0 Å². The maximum atomic E-state index is 3.75. The number of nitrogens with one attached hydrogen (secondary N) is 1. The molecule has 0 aliphatic carbocycles. The molecular weight excluding hydrogens is 229 g/mol. The topological polar surface area (TPSA) is 18.5 Å². The quantitative estimate of drug-likeness (QED) is 0.815. The van der Waals surface area contributed by atoms with Crippen LogP contribution in [0.15, 0.2) is 30.3 Å². The lowest BCUT2D eigenvalue weighted by Crippen LogP contribution is -2.56. The summed E-state index contributed by atoms with van der Waals surface area (Å²) in [5, 5.41) is 3.75. The average molecular weight is 249 g/mol. The summed E-state index contributed by atoms with van der Waals surface area (Å²) in [7, 11) is 2.76. The first-order chi connectivity index (χ1) is 8.31. The molecule has 4 heteroatoms. The van der Waals surface area contributed by atoms with Crippen molar-refractivity contribution >= 4 is 15.1 Å². The molecule has 0 spiro atoms. The van der Waals surface area contributed by atoms with Gasteiger partial charge in [-0.3, -0.25) is 4.67 Å². The van der Waals surface area contributed by atoms with Crippen LogP contribution in [-0.4, -0.2) is 42.9 Å². The Hall–Kier alpha value is -0.630. The Balaban J connectivity index is 1.52. The van der Waals surface area contributed by atoms with Crippen molar-refractivity contribution in [2.24, 2.45) is 0 Å². The van der Waals surface area contributed by atoms with E-state index < -0.39 is 0 Å². The molecule has 17 heavy (non-hydrogen) atoms. The van der Waals surface area contributed by atoms with Gasteiger partial charge in [0.1, 0.15) is 0 Å². The lowest BCUT2D eigenvalue weighted by Gasteiger charge is -2.38. The lowest BCUT2D eigenvalue weighted by molar-refractivity contribution is 0.230. The van der Waals surface area contributed by atoms with Crippen LogP contribution in [0.5, 0.6) is 0 Å². The molecule has 92 valence electrons. The van der Waals surface area contributed by atoms with Gasteiger partial charge in [0.05, 0.1) is 0 Å². The fourth-order valence-electron chi connectivity index (χ4n) is 2.72. The first kappa shape index (κ1) is 11.5. The van der Waals surface area contributed by atoms with Crippen LogP contribution in [-0.2, 0) is 0 Å². The molecule has 2 aliphatic rings. The summed E-state index contributed by atoms with van der Waals surface area (Å²) >= 11 is 0. The van der Waals surface area contributed by atoms with Crippen molar-refractivity contribution in [2.75, 3.05) is 31.1 Å². The Kier molecular flexibility index (Phi) is 3.32. The van der Waals surface area contributed by atoms with Crippen LogP contribution in [0.1, 0.15) is 6.42 Å². The van der Waals surface area contributed by atoms with E-state index in [2.05, 4.69) is 54.6 Å². The van der Waals surface area contributed by atoms with Crippen LogP contribution in [0, 0.1) is 0 Å². The zero-order valence-corrected chi connectivity index (χ0v) is 11.2. The highest BCUT2D eigenvalue weighted by molar-refractivity contribution is 7.13. The fourth-order valence-corrected chi connectivity index (χ4v) is 3.23. The maximum Gasteiger partial charge on any atom is 0.0366 e. The standard InChI is InChI=1S/C13H20N3P/c17-16-9-12(10-16)14-11-6-7-15(8-11)13-4-2-1-3-5-13/h1-5,11-12,14H,6-10,17H2. The van der Waals surface area contributed by atoms with Crippen LogP contribution in [0.3, 0.4) is 0 Å². The molecule has 0 aromatic heterocycles. The third-order valence-electron chi connectivity index (χ3n) is 3.69. The summed E-state index contributed by atoms with van der Waals surface area (Å²) < 4.78 is 2.28. The minimum atomic E-state index is 0.666. The lowest BCUT2D eigenvalue weighted by atomic mass is 10.1. The maximum absolute atomic E-state index is 3.75. The second-order valence-corrected chi connectivity index (χ2v) is 5.81. The van der Waals surface area contributed by atoms with Crippen molar-refractivity contribution in [3.8, 4) is 0 Å². The molecule has 0 saturated carbocycles. The molecule has 2 heterocycles. The van der Waals surface area contributed by atoms with Gasteiger partial charge in [-0.15, -0.1) is 0 Å². The minimum Gasteiger partial charge on any atom is -0.370 e. The Morgan fingerprint density at radius 1 is 1.06 bits per heavy atom. The van der Waals surface area contributed by atoms with Gasteiger partial charge in [-0.25, -0.2) is 0 Å². The van der Waals surface area contributed by atoms with Gasteiger partial charge in [0.15, 0.2) is 0 Å². The van der Waals surface area contributed by atoms with Crippen molar-refractivity contribution in [3.05, 3.63) is 30.3 Å². The zero-order valence-electron chi connectivity index (χ0n) is 10.0. The molecule has 1 aromatic carbocycles. The molecule has 0 bridgehead atoms. The normalized spacial score (nSPS) is 26.2. The van der Waals surface area contributed by atoms with Crippen molar-refractivity contribution in [3.63, 3.8) is 0 Å². The SMILES string of the molecule is PN1CC(NC2CCN(c3ccccc3)C2)C1. The Morgan fingerprint density at radius 3 is 2.53 bits per heavy atom. The number of para-hydroxylation sites is 1. The van der Waals surface area contributed by atoms with Crippen LogP contribution >= 0.6 is 9.39 Å². The monoisotopic (exact) mass is 249 g/mol. The fraction of sp³-hybridized carbons (Fsp3) is 0.538. The van der Waals surface area contributed by atoms with E-state index in [1.54, 1.807) is 0 Å². The van der Waals surface area contributed by atoms with Crippen LogP contribution in [0.2, 0.25) is 0 Å². The summed E-state index contributed by atoms with van der Waals surface area (Å²) in [6, 6.07) is 12.1. The second-order valence-electron chi connectivity index (χ2n) is 5.08. The summed E-state index contributed by atoms with van der Waals surface area (Å²) in [6.07, 6.45) is 1.27. The molecule has 0 radical (unpaired) electrons. The number of rotatable bonds is 3. The first-order valence-electron chi connectivity index (χ1n) is 6.37. The second kappa shape index (κ2) is 4.93. The van der Waals surface area contributed by atoms with E-state index in [1.807, 2.05) is 0 Å². The highest BCUT2D eigenvalue weighted by Gasteiger charge is 2.29. The summed E-state index contributed by atoms with van der Waals surface area (Å²) in [5.74, 6) is 0. The van der Waals surface area contributed by atoms with Crippen molar-refractivity contribution in [1.29, 1.82) is 0 Å². The molecule has 1 aromatic rings. The predicted octanol–water partition coefficient (Wildman–Crippen LogP) is 1.33. The van der Waals surface area contributed by atoms with Crippen LogP contribution < -0.4 is 10.2 Å². The van der Waals surface area contributed by atoms with Gasteiger partial charge < -0.3 is 10.2 Å². The third kappa shape index (κ3) is 2.62. The van der Waals surface area contributed by atoms with Gasteiger partial charge in [0.25, 0.3) is 0 Å². The highest BCUT2D eigenvalue weighted by atomic mass is 31.0. The summed E-state index contributed by atoms with van der Waals surface area (Å²) in [6.45, 7) is 4.68. The zero-order chi connectivity index (χ0) is 11.7. The molecule has 2 fully saturated rings. The minimum absolute atomic E-state index is 0.666. The van der Waals surface area contributed by atoms with E-state index in [4.69, 9.17) is 0 Å². The number of hydrogen-bond donors (Lipinski definition) is 1. The van der Waals surface area contributed by atoms with E-state index in [-0.39, 0.29) is 0 Å². The Labute approximate surface area is 105 Å². The number of hydrogen-bond acceptors (Lipinski definition) is 3. The molecular formula is C13H20N3P. The summed E-state index contributed by atoms with van der Waals surface area (Å²) in [5.41, 5.74) is 1.36. The van der Waals surface area contributed by atoms with Crippen molar-refractivity contribution in [2.45, 2.75) is 18.5 Å². The van der Waals surface area contributed by atoms with Crippen molar-refractivity contribution in [1.82, 2.24) is 9.99 Å². The van der Waals surface area contributed by atoms with Gasteiger partial charge in [0, 0.05) is 44.0 Å². The largest absolute Gasteiger partial charge is 0.370 e. The predicted molar refractivity (Wildman–Crippen MR) is 75.3 cm³/mol. The van der Waals surface area contributed by atoms with Gasteiger partial charge in [0.2, 0.25) is 0 Å². The van der Waals surface area contributed by atoms with Crippen molar-refractivity contribution < 1.29 is 0 Å². The molecule has 2 atom stereocenters. The molecule has 0 amide bonds. The number of anilines is 1. The number of benzene rings is 1. The van der Waals surface area contributed by atoms with Crippen LogP contribution in [0.25, 0.3) is 0 Å². The molecule has 2 unspecified atom stereocenters. The van der Waals surface area contributed by atoms with Gasteiger partial charge in [-0.1, -0.05) is 27.6 Å². The van der Waals surface area contributed by atoms with E-state index in [0.717, 1.165) is 6.54 Å². The first-order valence-corrected chi connectivity index (χ1v) is 6.88. The third-order valence-corrected chi connectivity index (χ3v) is 4.11. The van der Waals surface area contributed by atoms with Gasteiger partial charge in [-0.2, -0.15) is 0 Å². The van der Waals surface area contributed by atoms with Crippen LogP contribution in [0.4, 0.5) is 5.69 Å². The highest BCUT2D eigenvalue weighted by Crippen LogP contribution is 2.21. The van der Waals surface area contributed by atoms with Gasteiger partial charge in [-0.05, 0) is 18.6 Å². The number of nitrogens with zero attached hydrogens (tertiary/aromatic N) is 2.